The first-order valence-corrected chi connectivity index (χ1v) is 6.64. The summed E-state index contributed by atoms with van der Waals surface area (Å²) in [5, 5.41) is 6.12. The summed E-state index contributed by atoms with van der Waals surface area (Å²) in [6, 6.07) is 4.80. The standard InChI is InChI=1S/C13H16ClN3O3/c1-20-11-8-9(2-3-10(11)14)16-12(18)13(19)17-6-4-15-5-7-17/h2-3,8,15H,4-7H2,1H3,(H,16,18). The number of benzene rings is 1. The molecule has 0 aromatic heterocycles. The van der Waals surface area contributed by atoms with E-state index < -0.39 is 11.8 Å². The van der Waals surface area contributed by atoms with E-state index in [2.05, 4.69) is 10.6 Å². The first kappa shape index (κ1) is 14.6. The molecule has 0 spiro atoms. The Morgan fingerprint density at radius 1 is 1.35 bits per heavy atom. The molecule has 1 aromatic rings. The van der Waals surface area contributed by atoms with Crippen molar-refractivity contribution in [2.24, 2.45) is 0 Å². The summed E-state index contributed by atoms with van der Waals surface area (Å²) in [4.78, 5) is 25.4. The van der Waals surface area contributed by atoms with E-state index in [0.29, 0.717) is 42.6 Å². The third-order valence-electron chi connectivity index (χ3n) is 3.01. The second-order valence-corrected chi connectivity index (χ2v) is 4.75. The van der Waals surface area contributed by atoms with Gasteiger partial charge in [-0.2, -0.15) is 0 Å². The van der Waals surface area contributed by atoms with E-state index in [1.165, 1.54) is 12.0 Å². The van der Waals surface area contributed by atoms with E-state index in [9.17, 15) is 9.59 Å². The third kappa shape index (κ3) is 3.40. The Kier molecular flexibility index (Phi) is 4.81. The number of ether oxygens (including phenoxy) is 1. The number of methoxy groups -OCH3 is 1. The van der Waals surface area contributed by atoms with Crippen molar-refractivity contribution in [2.45, 2.75) is 0 Å². The van der Waals surface area contributed by atoms with Crippen molar-refractivity contribution in [3.63, 3.8) is 0 Å². The van der Waals surface area contributed by atoms with Crippen molar-refractivity contribution < 1.29 is 14.3 Å². The van der Waals surface area contributed by atoms with Gasteiger partial charge in [-0.1, -0.05) is 11.6 Å². The van der Waals surface area contributed by atoms with Crippen LogP contribution in [-0.2, 0) is 9.59 Å². The monoisotopic (exact) mass is 297 g/mol. The van der Waals surface area contributed by atoms with E-state index in [1.807, 2.05) is 0 Å². The van der Waals surface area contributed by atoms with E-state index in [-0.39, 0.29) is 0 Å². The molecule has 108 valence electrons. The fourth-order valence-electron chi connectivity index (χ4n) is 1.93. The number of nitrogens with zero attached hydrogens (tertiary/aromatic N) is 1. The summed E-state index contributed by atoms with van der Waals surface area (Å²) in [7, 11) is 1.48. The number of piperazine rings is 1. The first-order chi connectivity index (χ1) is 9.61. The Bertz CT molecular complexity index is 516. The zero-order valence-corrected chi connectivity index (χ0v) is 11.9. The SMILES string of the molecule is COc1cc(NC(=O)C(=O)N2CCNCC2)ccc1Cl. The summed E-state index contributed by atoms with van der Waals surface area (Å²) in [6.45, 7) is 2.48. The minimum Gasteiger partial charge on any atom is -0.495 e. The molecule has 2 N–H and O–H groups in total. The predicted molar refractivity (Wildman–Crippen MR) is 76.1 cm³/mol. The maximum atomic E-state index is 12.0. The number of amides is 2. The van der Waals surface area contributed by atoms with Gasteiger partial charge in [-0.15, -0.1) is 0 Å². The second-order valence-electron chi connectivity index (χ2n) is 4.35. The Labute approximate surface area is 122 Å². The van der Waals surface area contributed by atoms with Gasteiger partial charge in [-0.05, 0) is 12.1 Å². The second kappa shape index (κ2) is 6.58. The van der Waals surface area contributed by atoms with Crippen LogP contribution in [-0.4, -0.2) is 50.0 Å². The number of hydrogen-bond acceptors (Lipinski definition) is 4. The average Bonchev–Trinajstić information content (AvgIpc) is 2.49. The lowest BCUT2D eigenvalue weighted by molar-refractivity contribution is -0.143. The van der Waals surface area contributed by atoms with Crippen LogP contribution in [0.2, 0.25) is 5.02 Å². The highest BCUT2D eigenvalue weighted by atomic mass is 35.5. The lowest BCUT2D eigenvalue weighted by Crippen LogP contribution is -2.49. The summed E-state index contributed by atoms with van der Waals surface area (Å²) in [5.74, 6) is -0.740. The van der Waals surface area contributed by atoms with E-state index in [1.54, 1.807) is 18.2 Å². The maximum Gasteiger partial charge on any atom is 0.313 e. The molecule has 1 fully saturated rings. The fourth-order valence-corrected chi connectivity index (χ4v) is 2.13. The molecule has 0 unspecified atom stereocenters. The van der Waals surface area contributed by atoms with Crippen LogP contribution in [0.15, 0.2) is 18.2 Å². The van der Waals surface area contributed by atoms with Crippen molar-refractivity contribution in [2.75, 3.05) is 38.6 Å². The number of carbonyl (C=O) groups excluding carboxylic acids is 2. The van der Waals surface area contributed by atoms with Crippen molar-refractivity contribution in [3.8, 4) is 5.75 Å². The molecule has 2 rings (SSSR count). The van der Waals surface area contributed by atoms with Gasteiger partial charge in [-0.3, -0.25) is 9.59 Å². The molecule has 1 aromatic carbocycles. The minimum absolute atomic E-state index is 0.443. The molecule has 6 nitrogen and oxygen atoms in total. The number of anilines is 1. The smallest absolute Gasteiger partial charge is 0.313 e. The summed E-state index contributed by atoms with van der Waals surface area (Å²) >= 11 is 5.90. The molecule has 0 radical (unpaired) electrons. The van der Waals surface area contributed by atoms with Crippen molar-refractivity contribution in [1.82, 2.24) is 10.2 Å². The largest absolute Gasteiger partial charge is 0.495 e. The third-order valence-corrected chi connectivity index (χ3v) is 3.32. The zero-order chi connectivity index (χ0) is 14.5. The molecule has 1 saturated heterocycles. The van der Waals surface area contributed by atoms with Crippen LogP contribution >= 0.6 is 11.6 Å². The lowest BCUT2D eigenvalue weighted by Gasteiger charge is -2.26. The van der Waals surface area contributed by atoms with Gasteiger partial charge in [0.15, 0.2) is 0 Å². The Balaban J connectivity index is 2.01. The molecule has 7 heteroatoms. The van der Waals surface area contributed by atoms with Gasteiger partial charge in [0.1, 0.15) is 5.75 Å². The van der Waals surface area contributed by atoms with Crippen LogP contribution in [0.1, 0.15) is 0 Å². The average molecular weight is 298 g/mol. The van der Waals surface area contributed by atoms with Gasteiger partial charge >= 0.3 is 11.8 Å². The predicted octanol–water partition coefficient (Wildman–Crippen LogP) is 0.719. The highest BCUT2D eigenvalue weighted by Crippen LogP contribution is 2.27. The highest BCUT2D eigenvalue weighted by Gasteiger charge is 2.23. The van der Waals surface area contributed by atoms with E-state index in [0.717, 1.165) is 0 Å². The number of nitrogens with one attached hydrogen (secondary N) is 2. The van der Waals surface area contributed by atoms with Gasteiger partial charge in [0.05, 0.1) is 12.1 Å². The van der Waals surface area contributed by atoms with Gasteiger partial charge in [0.2, 0.25) is 0 Å². The van der Waals surface area contributed by atoms with E-state index in [4.69, 9.17) is 16.3 Å². The molecule has 2 amide bonds. The first-order valence-electron chi connectivity index (χ1n) is 6.26. The van der Waals surface area contributed by atoms with Gasteiger partial charge < -0.3 is 20.3 Å². The van der Waals surface area contributed by atoms with Crippen molar-refractivity contribution >= 4 is 29.1 Å². The molecule has 20 heavy (non-hydrogen) atoms. The zero-order valence-electron chi connectivity index (χ0n) is 11.1. The Hall–Kier alpha value is -1.79. The number of rotatable bonds is 2. The molecule has 1 heterocycles. The molecule has 0 saturated carbocycles. The highest BCUT2D eigenvalue weighted by molar-refractivity contribution is 6.39. The summed E-state index contributed by atoms with van der Waals surface area (Å²) < 4.78 is 5.06. The summed E-state index contributed by atoms with van der Waals surface area (Å²) in [6.07, 6.45) is 0. The quantitative estimate of drug-likeness (QED) is 0.789. The normalized spacial score (nSPS) is 14.8. The van der Waals surface area contributed by atoms with Gasteiger partial charge in [-0.25, -0.2) is 0 Å². The topological polar surface area (TPSA) is 70.7 Å². The molecular weight excluding hydrogens is 282 g/mol. The fraction of sp³-hybridized carbons (Fsp3) is 0.385. The molecule has 1 aliphatic rings. The summed E-state index contributed by atoms with van der Waals surface area (Å²) in [5.41, 5.74) is 0.472. The molecular formula is C13H16ClN3O3. The molecule has 0 atom stereocenters. The molecule has 1 aliphatic heterocycles. The van der Waals surface area contributed by atoms with Crippen LogP contribution in [0.25, 0.3) is 0 Å². The molecule has 0 aliphatic carbocycles. The van der Waals surface area contributed by atoms with Crippen LogP contribution in [0.5, 0.6) is 5.75 Å². The van der Waals surface area contributed by atoms with Crippen LogP contribution in [0, 0.1) is 0 Å². The number of halogens is 1. The van der Waals surface area contributed by atoms with Crippen molar-refractivity contribution in [1.29, 1.82) is 0 Å². The van der Waals surface area contributed by atoms with Crippen LogP contribution in [0.3, 0.4) is 0 Å². The Morgan fingerprint density at radius 3 is 2.70 bits per heavy atom. The van der Waals surface area contributed by atoms with Gasteiger partial charge in [0.25, 0.3) is 0 Å². The van der Waals surface area contributed by atoms with Crippen LogP contribution in [0.4, 0.5) is 5.69 Å². The van der Waals surface area contributed by atoms with E-state index >= 15 is 0 Å². The molecule has 0 bridgehead atoms. The van der Waals surface area contributed by atoms with Gasteiger partial charge in [0, 0.05) is 37.9 Å². The number of hydrogen-bond donors (Lipinski definition) is 2. The lowest BCUT2D eigenvalue weighted by atomic mass is 10.3. The van der Waals surface area contributed by atoms with Crippen LogP contribution < -0.4 is 15.4 Å². The minimum atomic E-state index is -0.656. The Morgan fingerprint density at radius 2 is 2.05 bits per heavy atom. The number of carbonyl (C=O) groups is 2. The van der Waals surface area contributed by atoms with Crippen molar-refractivity contribution in [3.05, 3.63) is 23.2 Å². The maximum absolute atomic E-state index is 12.0.